The fourth-order valence-corrected chi connectivity index (χ4v) is 1.26. The first-order valence-electron chi connectivity index (χ1n) is 4.07. The Morgan fingerprint density at radius 3 is 1.08 bits per heavy atom. The molecular weight excluding hydrogens is 235 g/mol. The summed E-state index contributed by atoms with van der Waals surface area (Å²) in [6.07, 6.45) is 0. The number of hydrogen-bond acceptors (Lipinski definition) is 0. The Hall–Kier alpha value is -0.677. The van der Waals surface area contributed by atoms with Gasteiger partial charge in [-0.3, -0.25) is 0 Å². The maximum atomic E-state index is 2.12. The van der Waals surface area contributed by atoms with Crippen LogP contribution in [-0.2, 0) is 26.2 Å². The van der Waals surface area contributed by atoms with Gasteiger partial charge in [0.1, 0.15) is 0 Å². The van der Waals surface area contributed by atoms with Crippen LogP contribution in [0.1, 0.15) is 0 Å². The molecule has 0 radical (unpaired) electrons. The molecule has 0 heterocycles. The Labute approximate surface area is 97.7 Å². The summed E-state index contributed by atoms with van der Waals surface area (Å²) >= 11 is 0. The van der Waals surface area contributed by atoms with Crippen LogP contribution in [0.3, 0.4) is 0 Å². The number of benzene rings is 2. The van der Waals surface area contributed by atoms with Crippen LogP contribution in [0.4, 0.5) is 0 Å². The SMILES string of the molecule is [Zr].c1ccc(-c2ccccc2)cc1. The molecule has 62 valence electrons. The van der Waals surface area contributed by atoms with E-state index >= 15 is 0 Å². The van der Waals surface area contributed by atoms with Gasteiger partial charge in [-0.25, -0.2) is 0 Å². The zero-order valence-corrected chi connectivity index (χ0v) is 9.73. The van der Waals surface area contributed by atoms with Crippen LogP contribution in [0.5, 0.6) is 0 Å². The molecule has 0 bridgehead atoms. The van der Waals surface area contributed by atoms with Gasteiger partial charge in [-0.2, -0.15) is 0 Å². The van der Waals surface area contributed by atoms with Crippen molar-refractivity contribution in [1.82, 2.24) is 0 Å². The van der Waals surface area contributed by atoms with Crippen molar-refractivity contribution in [3.05, 3.63) is 60.7 Å². The van der Waals surface area contributed by atoms with Crippen molar-refractivity contribution in [3.8, 4) is 11.1 Å². The molecule has 0 N–H and O–H groups in total. The van der Waals surface area contributed by atoms with Gasteiger partial charge in [-0.15, -0.1) is 0 Å². The summed E-state index contributed by atoms with van der Waals surface area (Å²) in [5, 5.41) is 0. The van der Waals surface area contributed by atoms with Crippen LogP contribution in [0, 0.1) is 0 Å². The zero-order chi connectivity index (χ0) is 8.23. The van der Waals surface area contributed by atoms with Crippen LogP contribution in [0.15, 0.2) is 60.7 Å². The normalized spacial score (nSPS) is 8.92. The minimum absolute atomic E-state index is 0. The van der Waals surface area contributed by atoms with Crippen LogP contribution < -0.4 is 0 Å². The summed E-state index contributed by atoms with van der Waals surface area (Å²) in [6, 6.07) is 20.8. The second kappa shape index (κ2) is 5.14. The van der Waals surface area contributed by atoms with Gasteiger partial charge in [0.15, 0.2) is 0 Å². The maximum Gasteiger partial charge on any atom is 0 e. The molecular formula is C12H10Zr. The summed E-state index contributed by atoms with van der Waals surface area (Å²) in [5.41, 5.74) is 2.55. The van der Waals surface area contributed by atoms with Crippen molar-refractivity contribution in [3.63, 3.8) is 0 Å². The third kappa shape index (κ3) is 2.64. The molecule has 0 aliphatic heterocycles. The van der Waals surface area contributed by atoms with Crippen LogP contribution in [-0.4, -0.2) is 0 Å². The topological polar surface area (TPSA) is 0 Å². The van der Waals surface area contributed by atoms with Gasteiger partial charge in [0.05, 0.1) is 0 Å². The van der Waals surface area contributed by atoms with Crippen LogP contribution >= 0.6 is 0 Å². The second-order valence-electron chi connectivity index (χ2n) is 2.73. The van der Waals surface area contributed by atoms with Gasteiger partial charge in [0, 0.05) is 26.2 Å². The molecule has 0 fully saturated rings. The van der Waals surface area contributed by atoms with E-state index in [2.05, 4.69) is 48.5 Å². The minimum atomic E-state index is 0. The molecule has 0 unspecified atom stereocenters. The third-order valence-electron chi connectivity index (χ3n) is 1.88. The van der Waals surface area contributed by atoms with E-state index in [0.717, 1.165) is 0 Å². The van der Waals surface area contributed by atoms with E-state index in [4.69, 9.17) is 0 Å². The Bertz CT molecular complexity index is 303. The molecule has 0 aliphatic carbocycles. The number of rotatable bonds is 1. The van der Waals surface area contributed by atoms with E-state index in [1.807, 2.05) is 12.1 Å². The third-order valence-corrected chi connectivity index (χ3v) is 1.88. The van der Waals surface area contributed by atoms with Crippen molar-refractivity contribution in [1.29, 1.82) is 0 Å². The summed E-state index contributed by atoms with van der Waals surface area (Å²) in [4.78, 5) is 0. The largest absolute Gasteiger partial charge is 0.0622 e. The van der Waals surface area contributed by atoms with E-state index in [1.54, 1.807) is 0 Å². The fraction of sp³-hybridized carbons (Fsp3) is 0. The zero-order valence-electron chi connectivity index (χ0n) is 7.27. The van der Waals surface area contributed by atoms with Gasteiger partial charge in [0.2, 0.25) is 0 Å². The van der Waals surface area contributed by atoms with Crippen LogP contribution in [0.2, 0.25) is 0 Å². The molecule has 0 saturated carbocycles. The molecule has 2 rings (SSSR count). The molecule has 13 heavy (non-hydrogen) atoms. The first-order valence-corrected chi connectivity index (χ1v) is 4.07. The first-order chi connectivity index (χ1) is 5.97. The summed E-state index contributed by atoms with van der Waals surface area (Å²) in [6.45, 7) is 0. The van der Waals surface area contributed by atoms with Crippen molar-refractivity contribution >= 4 is 0 Å². The Kier molecular flexibility index (Phi) is 4.11. The van der Waals surface area contributed by atoms with Crippen molar-refractivity contribution in [2.75, 3.05) is 0 Å². The van der Waals surface area contributed by atoms with E-state index in [0.29, 0.717) is 0 Å². The Morgan fingerprint density at radius 2 is 0.769 bits per heavy atom. The molecule has 0 saturated heterocycles. The molecule has 0 spiro atoms. The van der Waals surface area contributed by atoms with Gasteiger partial charge in [-0.1, -0.05) is 60.7 Å². The fourth-order valence-electron chi connectivity index (χ4n) is 1.26. The standard InChI is InChI=1S/C12H10.Zr/c1-3-7-11(8-4-1)12-9-5-2-6-10-12;/h1-10H;. The van der Waals surface area contributed by atoms with E-state index in [9.17, 15) is 0 Å². The van der Waals surface area contributed by atoms with Crippen molar-refractivity contribution in [2.45, 2.75) is 0 Å². The second-order valence-corrected chi connectivity index (χ2v) is 2.73. The van der Waals surface area contributed by atoms with E-state index in [1.165, 1.54) is 11.1 Å². The predicted octanol–water partition coefficient (Wildman–Crippen LogP) is 3.35. The molecule has 1 heteroatoms. The molecule has 0 amide bonds. The smallest absolute Gasteiger partial charge is 0 e. The van der Waals surface area contributed by atoms with Gasteiger partial charge >= 0.3 is 0 Å². The minimum Gasteiger partial charge on any atom is -0.0622 e. The monoisotopic (exact) mass is 244 g/mol. The molecule has 0 atom stereocenters. The van der Waals surface area contributed by atoms with Gasteiger partial charge in [0.25, 0.3) is 0 Å². The summed E-state index contributed by atoms with van der Waals surface area (Å²) < 4.78 is 0. The Morgan fingerprint density at radius 1 is 0.462 bits per heavy atom. The first kappa shape index (κ1) is 10.4. The van der Waals surface area contributed by atoms with E-state index < -0.39 is 0 Å². The average molecular weight is 245 g/mol. The molecule has 2 aromatic rings. The molecule has 2 aromatic carbocycles. The Balaban J connectivity index is 0.000000845. The maximum absolute atomic E-state index is 2.12. The summed E-state index contributed by atoms with van der Waals surface area (Å²) in [7, 11) is 0. The van der Waals surface area contributed by atoms with Crippen LogP contribution in [0.25, 0.3) is 11.1 Å². The average Bonchev–Trinajstić information content (AvgIpc) is 2.21. The molecule has 0 nitrogen and oxygen atoms in total. The van der Waals surface area contributed by atoms with Crippen molar-refractivity contribution < 1.29 is 26.2 Å². The van der Waals surface area contributed by atoms with E-state index in [-0.39, 0.29) is 26.2 Å². The van der Waals surface area contributed by atoms with Gasteiger partial charge in [-0.05, 0) is 11.1 Å². The van der Waals surface area contributed by atoms with Crippen molar-refractivity contribution in [2.24, 2.45) is 0 Å². The molecule has 0 aliphatic rings. The molecule has 0 aromatic heterocycles. The summed E-state index contributed by atoms with van der Waals surface area (Å²) in [5.74, 6) is 0. The number of hydrogen-bond donors (Lipinski definition) is 0. The van der Waals surface area contributed by atoms with Gasteiger partial charge < -0.3 is 0 Å². The predicted molar refractivity (Wildman–Crippen MR) is 51.9 cm³/mol. The quantitative estimate of drug-likeness (QED) is 0.723.